The molecule has 2 N–H and O–H groups in total. The zero-order valence-electron chi connectivity index (χ0n) is 13.0. The van der Waals surface area contributed by atoms with Crippen molar-refractivity contribution in [2.24, 2.45) is 7.05 Å². The Morgan fingerprint density at radius 3 is 2.21 bits per heavy atom. The molecule has 0 saturated heterocycles. The number of aryl methyl sites for hydroxylation is 2. The van der Waals surface area contributed by atoms with Crippen LogP contribution in [0.5, 0.6) is 0 Å². The second kappa shape index (κ2) is 4.96. The third-order valence-corrected chi connectivity index (χ3v) is 3.98. The Morgan fingerprint density at radius 2 is 1.84 bits per heavy atom. The molecular weight excluding hydrogens is 242 g/mol. The van der Waals surface area contributed by atoms with Crippen LogP contribution in [0.1, 0.15) is 44.6 Å². The summed E-state index contributed by atoms with van der Waals surface area (Å²) in [5, 5.41) is 17.2. The van der Waals surface area contributed by atoms with Crippen LogP contribution < -0.4 is 5.32 Å². The lowest BCUT2D eigenvalue weighted by atomic mass is 9.86. The fourth-order valence-electron chi connectivity index (χ4n) is 1.78. The summed E-state index contributed by atoms with van der Waals surface area (Å²) in [7, 11) is 1.87. The molecule has 1 aromatic rings. The van der Waals surface area contributed by atoms with Crippen LogP contribution in [0.3, 0.4) is 0 Å². The Balaban J connectivity index is 2.82. The van der Waals surface area contributed by atoms with Crippen LogP contribution in [0.2, 0.25) is 0 Å². The fourth-order valence-corrected chi connectivity index (χ4v) is 1.78. The first kappa shape index (κ1) is 15.7. The quantitative estimate of drug-likeness (QED) is 0.862. The van der Waals surface area contributed by atoms with Gasteiger partial charge in [0.15, 0.2) is 0 Å². The molecule has 5 heteroatoms. The minimum atomic E-state index is -0.984. The van der Waals surface area contributed by atoms with Crippen molar-refractivity contribution >= 4 is 5.91 Å². The summed E-state index contributed by atoms with van der Waals surface area (Å²) < 4.78 is 1.78. The molecule has 1 rings (SSSR count). The number of carbonyl (C=O) groups excluding carboxylic acids is 1. The molecule has 0 atom stereocenters. The third-order valence-electron chi connectivity index (χ3n) is 3.98. The van der Waals surface area contributed by atoms with Crippen LogP contribution in [0, 0.1) is 13.8 Å². The lowest BCUT2D eigenvalue weighted by Crippen LogP contribution is -2.58. The molecule has 1 aromatic heterocycles. The maximum Gasteiger partial charge on any atom is 0.225 e. The molecular formula is C14H25N3O2. The molecule has 0 aromatic carbocycles. The van der Waals surface area contributed by atoms with Crippen molar-refractivity contribution in [2.45, 2.75) is 59.1 Å². The number of amides is 1. The van der Waals surface area contributed by atoms with Gasteiger partial charge < -0.3 is 10.4 Å². The van der Waals surface area contributed by atoms with E-state index in [1.54, 1.807) is 18.5 Å². The van der Waals surface area contributed by atoms with Gasteiger partial charge in [0.2, 0.25) is 5.91 Å². The molecule has 0 unspecified atom stereocenters. The Hall–Kier alpha value is -1.36. The van der Waals surface area contributed by atoms with Crippen molar-refractivity contribution in [2.75, 3.05) is 0 Å². The van der Waals surface area contributed by atoms with Crippen molar-refractivity contribution in [3.8, 4) is 0 Å². The van der Waals surface area contributed by atoms with Crippen LogP contribution in [0.15, 0.2) is 0 Å². The Labute approximate surface area is 115 Å². The van der Waals surface area contributed by atoms with Gasteiger partial charge in [0, 0.05) is 18.3 Å². The summed E-state index contributed by atoms with van der Waals surface area (Å²) in [6.07, 6.45) is 0.283. The van der Waals surface area contributed by atoms with Gasteiger partial charge in [-0.05, 0) is 41.5 Å². The van der Waals surface area contributed by atoms with Crippen molar-refractivity contribution in [3.05, 3.63) is 17.0 Å². The standard InChI is InChI=1S/C14H25N3O2/c1-9-11(10(2)17(7)16-9)8-12(18)15-13(3,4)14(5,6)19/h19H,8H2,1-7H3,(H,15,18). The first-order valence-corrected chi connectivity index (χ1v) is 6.48. The largest absolute Gasteiger partial charge is 0.388 e. The minimum Gasteiger partial charge on any atom is -0.388 e. The van der Waals surface area contributed by atoms with Crippen molar-refractivity contribution < 1.29 is 9.90 Å². The van der Waals surface area contributed by atoms with Gasteiger partial charge in [-0.2, -0.15) is 5.10 Å². The van der Waals surface area contributed by atoms with Gasteiger partial charge in [-0.1, -0.05) is 0 Å². The van der Waals surface area contributed by atoms with Crippen LogP contribution in [0.25, 0.3) is 0 Å². The summed E-state index contributed by atoms with van der Waals surface area (Å²) in [5.41, 5.74) is 1.15. The van der Waals surface area contributed by atoms with Gasteiger partial charge in [-0.15, -0.1) is 0 Å². The first-order valence-electron chi connectivity index (χ1n) is 6.48. The normalized spacial score (nSPS) is 12.6. The topological polar surface area (TPSA) is 67.2 Å². The molecule has 0 aliphatic heterocycles. The van der Waals surface area contributed by atoms with Crippen molar-refractivity contribution in [1.82, 2.24) is 15.1 Å². The van der Waals surface area contributed by atoms with E-state index < -0.39 is 11.1 Å². The Kier molecular flexibility index (Phi) is 4.10. The van der Waals surface area contributed by atoms with Crippen molar-refractivity contribution in [3.63, 3.8) is 0 Å². The van der Waals surface area contributed by atoms with Gasteiger partial charge in [-0.3, -0.25) is 9.48 Å². The van der Waals surface area contributed by atoms with Gasteiger partial charge >= 0.3 is 0 Å². The zero-order valence-corrected chi connectivity index (χ0v) is 13.0. The number of rotatable bonds is 4. The van der Waals surface area contributed by atoms with Gasteiger partial charge in [0.25, 0.3) is 0 Å². The number of aromatic nitrogens is 2. The highest BCUT2D eigenvalue weighted by molar-refractivity contribution is 5.80. The van der Waals surface area contributed by atoms with E-state index in [-0.39, 0.29) is 12.3 Å². The molecule has 0 aliphatic carbocycles. The number of nitrogens with zero attached hydrogens (tertiary/aromatic N) is 2. The molecule has 0 saturated carbocycles. The van der Waals surface area contributed by atoms with E-state index in [0.717, 1.165) is 17.0 Å². The van der Waals surface area contributed by atoms with Crippen LogP contribution in [-0.2, 0) is 18.3 Å². The molecule has 0 spiro atoms. The van der Waals surface area contributed by atoms with Gasteiger partial charge in [0.1, 0.15) is 0 Å². The van der Waals surface area contributed by atoms with E-state index in [1.165, 1.54) is 0 Å². The molecule has 0 aliphatic rings. The summed E-state index contributed by atoms with van der Waals surface area (Å²) in [4.78, 5) is 12.1. The highest BCUT2D eigenvalue weighted by Crippen LogP contribution is 2.21. The molecule has 0 bridgehead atoms. The van der Waals surface area contributed by atoms with E-state index in [0.29, 0.717) is 0 Å². The molecule has 5 nitrogen and oxygen atoms in total. The first-order chi connectivity index (χ1) is 8.45. The Morgan fingerprint density at radius 1 is 1.32 bits per heavy atom. The predicted molar refractivity (Wildman–Crippen MR) is 74.9 cm³/mol. The monoisotopic (exact) mass is 267 g/mol. The molecule has 1 heterocycles. The molecule has 0 fully saturated rings. The summed E-state index contributed by atoms with van der Waals surface area (Å²) >= 11 is 0. The minimum absolute atomic E-state index is 0.105. The maximum absolute atomic E-state index is 12.1. The molecule has 108 valence electrons. The number of hydrogen-bond acceptors (Lipinski definition) is 3. The average molecular weight is 267 g/mol. The molecule has 19 heavy (non-hydrogen) atoms. The van der Waals surface area contributed by atoms with E-state index >= 15 is 0 Å². The van der Waals surface area contributed by atoms with E-state index in [4.69, 9.17) is 0 Å². The summed E-state index contributed by atoms with van der Waals surface area (Å²) in [6.45, 7) is 10.9. The van der Waals surface area contributed by atoms with Gasteiger partial charge in [-0.25, -0.2) is 0 Å². The highest BCUT2D eigenvalue weighted by atomic mass is 16.3. The number of aliphatic hydroxyl groups is 1. The van der Waals surface area contributed by atoms with E-state index in [9.17, 15) is 9.90 Å². The van der Waals surface area contributed by atoms with E-state index in [1.807, 2.05) is 34.7 Å². The zero-order chi connectivity index (χ0) is 15.0. The molecule has 0 radical (unpaired) electrons. The number of carbonyl (C=O) groups is 1. The second-order valence-electron chi connectivity index (χ2n) is 6.18. The average Bonchev–Trinajstić information content (AvgIpc) is 2.42. The van der Waals surface area contributed by atoms with Gasteiger partial charge in [0.05, 0.1) is 23.3 Å². The lowest BCUT2D eigenvalue weighted by molar-refractivity contribution is -0.125. The van der Waals surface area contributed by atoms with Crippen LogP contribution in [0.4, 0.5) is 0 Å². The number of hydrogen-bond donors (Lipinski definition) is 2. The van der Waals surface area contributed by atoms with Crippen LogP contribution in [-0.4, -0.2) is 31.9 Å². The third kappa shape index (κ3) is 3.35. The second-order valence-corrected chi connectivity index (χ2v) is 6.18. The predicted octanol–water partition coefficient (Wildman–Crippen LogP) is 1.25. The smallest absolute Gasteiger partial charge is 0.225 e. The number of nitrogens with one attached hydrogen (secondary N) is 1. The molecule has 1 amide bonds. The SMILES string of the molecule is Cc1nn(C)c(C)c1CC(=O)NC(C)(C)C(C)(C)O. The summed E-state index contributed by atoms with van der Waals surface area (Å²) in [6, 6.07) is 0. The van der Waals surface area contributed by atoms with Crippen LogP contribution >= 0.6 is 0 Å². The maximum atomic E-state index is 12.1. The lowest BCUT2D eigenvalue weighted by Gasteiger charge is -2.38. The van der Waals surface area contributed by atoms with E-state index in [2.05, 4.69) is 10.4 Å². The Bertz CT molecular complexity index is 482. The fraction of sp³-hybridized carbons (Fsp3) is 0.714. The summed E-state index contributed by atoms with van der Waals surface area (Å²) in [5.74, 6) is -0.105. The highest BCUT2D eigenvalue weighted by Gasteiger charge is 2.36. The van der Waals surface area contributed by atoms with Crippen molar-refractivity contribution in [1.29, 1.82) is 0 Å².